The molecule has 102 valence electrons. The number of ketones is 1. The Morgan fingerprint density at radius 2 is 2.00 bits per heavy atom. The summed E-state index contributed by atoms with van der Waals surface area (Å²) in [6, 6.07) is 7.12. The van der Waals surface area contributed by atoms with Gasteiger partial charge in [0.2, 0.25) is 0 Å². The van der Waals surface area contributed by atoms with Crippen LogP contribution >= 0.6 is 0 Å². The van der Waals surface area contributed by atoms with Gasteiger partial charge >= 0.3 is 5.97 Å². The number of esters is 1. The van der Waals surface area contributed by atoms with Gasteiger partial charge in [-0.05, 0) is 17.7 Å². The minimum atomic E-state index is -0.459. The summed E-state index contributed by atoms with van der Waals surface area (Å²) in [6.45, 7) is 0.849. The molecule has 1 aliphatic heterocycles. The molecule has 19 heavy (non-hydrogen) atoms. The van der Waals surface area contributed by atoms with Crippen molar-refractivity contribution in [3.63, 3.8) is 0 Å². The van der Waals surface area contributed by atoms with Crippen LogP contribution in [-0.2, 0) is 20.9 Å². The normalized spacial score (nSPS) is 19.5. The summed E-state index contributed by atoms with van der Waals surface area (Å²) in [5.74, 6) is 0.508. The molecule has 1 aromatic rings. The van der Waals surface area contributed by atoms with Crippen molar-refractivity contribution >= 4 is 11.8 Å². The van der Waals surface area contributed by atoms with Crippen molar-refractivity contribution in [1.29, 1.82) is 0 Å². The van der Waals surface area contributed by atoms with Crippen molar-refractivity contribution in [2.45, 2.75) is 19.0 Å². The highest BCUT2D eigenvalue weighted by Gasteiger charge is 2.36. The van der Waals surface area contributed by atoms with E-state index in [1.54, 1.807) is 7.11 Å². The van der Waals surface area contributed by atoms with Gasteiger partial charge in [0.15, 0.2) is 0 Å². The Bertz CT molecular complexity index is 469. The summed E-state index contributed by atoms with van der Waals surface area (Å²) in [5.41, 5.74) is 1.03. The maximum absolute atomic E-state index is 11.6. The smallest absolute Gasteiger partial charge is 0.323 e. The topological polar surface area (TPSA) is 55.8 Å². The Hall–Kier alpha value is -1.88. The number of Topliss-reactive ketones (excluding diaryl/α,β-unsaturated/α-hetero) is 1. The molecule has 0 bridgehead atoms. The van der Waals surface area contributed by atoms with Crippen molar-refractivity contribution < 1.29 is 19.1 Å². The Kier molecular flexibility index (Phi) is 4.16. The molecule has 0 spiro atoms. The molecule has 1 heterocycles. The molecule has 0 amide bonds. The number of methoxy groups -OCH3 is 2. The van der Waals surface area contributed by atoms with Gasteiger partial charge in [-0.2, -0.15) is 0 Å². The van der Waals surface area contributed by atoms with E-state index in [1.165, 1.54) is 7.11 Å². The molecule has 5 nitrogen and oxygen atoms in total. The van der Waals surface area contributed by atoms with Gasteiger partial charge in [-0.25, -0.2) is 0 Å². The van der Waals surface area contributed by atoms with Gasteiger partial charge in [-0.1, -0.05) is 12.1 Å². The van der Waals surface area contributed by atoms with Crippen molar-refractivity contribution in [2.75, 3.05) is 20.8 Å². The number of rotatable bonds is 4. The number of likely N-dealkylation sites (tertiary alicyclic amines) is 1. The molecule has 1 fully saturated rings. The SMILES string of the molecule is COC(=O)[C@H]1CC(=O)CN1Cc1ccc(OC)cc1. The van der Waals surface area contributed by atoms with Crippen LogP contribution in [0, 0.1) is 0 Å². The molecule has 2 rings (SSSR count). The molecular weight excluding hydrogens is 246 g/mol. The first kappa shape index (κ1) is 13.5. The molecule has 0 unspecified atom stereocenters. The van der Waals surface area contributed by atoms with E-state index < -0.39 is 6.04 Å². The molecule has 0 N–H and O–H groups in total. The third kappa shape index (κ3) is 3.12. The summed E-state index contributed by atoms with van der Waals surface area (Å²) in [7, 11) is 2.96. The number of benzene rings is 1. The predicted octanol–water partition coefficient (Wildman–Crippen LogP) is 1.01. The minimum Gasteiger partial charge on any atom is -0.497 e. The number of hydrogen-bond acceptors (Lipinski definition) is 5. The lowest BCUT2D eigenvalue weighted by molar-refractivity contribution is -0.146. The predicted molar refractivity (Wildman–Crippen MR) is 68.8 cm³/mol. The van der Waals surface area contributed by atoms with E-state index in [2.05, 4.69) is 0 Å². The number of carbonyl (C=O) groups excluding carboxylic acids is 2. The Morgan fingerprint density at radius 1 is 1.32 bits per heavy atom. The lowest BCUT2D eigenvalue weighted by Gasteiger charge is -2.21. The number of ether oxygens (including phenoxy) is 2. The van der Waals surface area contributed by atoms with Crippen molar-refractivity contribution in [3.8, 4) is 5.75 Å². The highest BCUT2D eigenvalue weighted by atomic mass is 16.5. The van der Waals surface area contributed by atoms with Gasteiger partial charge in [0, 0.05) is 13.0 Å². The van der Waals surface area contributed by atoms with E-state index in [4.69, 9.17) is 9.47 Å². The van der Waals surface area contributed by atoms with Crippen LogP contribution in [0.1, 0.15) is 12.0 Å². The van der Waals surface area contributed by atoms with E-state index in [9.17, 15) is 9.59 Å². The molecule has 1 atom stereocenters. The van der Waals surface area contributed by atoms with Gasteiger partial charge in [0.25, 0.3) is 0 Å². The Labute approximate surface area is 112 Å². The number of carbonyl (C=O) groups is 2. The summed E-state index contributed by atoms with van der Waals surface area (Å²) < 4.78 is 9.83. The highest BCUT2D eigenvalue weighted by Crippen LogP contribution is 2.20. The highest BCUT2D eigenvalue weighted by molar-refractivity contribution is 5.91. The average molecular weight is 263 g/mol. The van der Waals surface area contributed by atoms with Crippen molar-refractivity contribution in [3.05, 3.63) is 29.8 Å². The van der Waals surface area contributed by atoms with Gasteiger partial charge < -0.3 is 9.47 Å². The second-order valence-corrected chi connectivity index (χ2v) is 4.53. The maximum atomic E-state index is 11.6. The molecule has 1 aromatic carbocycles. The van der Waals surface area contributed by atoms with Gasteiger partial charge in [-0.15, -0.1) is 0 Å². The van der Waals surface area contributed by atoms with Crippen LogP contribution in [-0.4, -0.2) is 43.5 Å². The van der Waals surface area contributed by atoms with Crippen LogP contribution in [0.4, 0.5) is 0 Å². The zero-order valence-electron chi connectivity index (χ0n) is 11.1. The number of hydrogen-bond donors (Lipinski definition) is 0. The third-order valence-corrected chi connectivity index (χ3v) is 3.26. The standard InChI is InChI=1S/C14H17NO4/c1-18-12-5-3-10(4-6-12)8-15-9-11(16)7-13(15)14(17)19-2/h3-6,13H,7-9H2,1-2H3/t13-/m1/s1. The Balaban J connectivity index is 2.07. The summed E-state index contributed by atoms with van der Waals surface area (Å²) >= 11 is 0. The van der Waals surface area contributed by atoms with E-state index >= 15 is 0 Å². The first-order chi connectivity index (χ1) is 9.13. The lowest BCUT2D eigenvalue weighted by Crippen LogP contribution is -2.36. The van der Waals surface area contributed by atoms with Crippen LogP contribution < -0.4 is 4.74 Å². The minimum absolute atomic E-state index is 0.0731. The average Bonchev–Trinajstić information content (AvgIpc) is 2.79. The van der Waals surface area contributed by atoms with E-state index in [1.807, 2.05) is 29.2 Å². The van der Waals surface area contributed by atoms with Crippen molar-refractivity contribution in [1.82, 2.24) is 4.90 Å². The van der Waals surface area contributed by atoms with E-state index in [0.29, 0.717) is 13.1 Å². The van der Waals surface area contributed by atoms with Crippen LogP contribution in [0.15, 0.2) is 24.3 Å². The molecule has 0 radical (unpaired) electrons. The maximum Gasteiger partial charge on any atom is 0.323 e. The largest absolute Gasteiger partial charge is 0.497 e. The van der Waals surface area contributed by atoms with Crippen LogP contribution in [0.25, 0.3) is 0 Å². The second-order valence-electron chi connectivity index (χ2n) is 4.53. The molecule has 0 saturated carbocycles. The summed E-state index contributed by atoms with van der Waals surface area (Å²) in [6.07, 6.45) is 0.239. The van der Waals surface area contributed by atoms with Crippen LogP contribution in [0.3, 0.4) is 0 Å². The fraction of sp³-hybridized carbons (Fsp3) is 0.429. The fourth-order valence-electron chi connectivity index (χ4n) is 2.25. The lowest BCUT2D eigenvalue weighted by atomic mass is 10.1. The molecule has 0 aromatic heterocycles. The third-order valence-electron chi connectivity index (χ3n) is 3.26. The quantitative estimate of drug-likeness (QED) is 0.759. The molecule has 1 saturated heterocycles. The first-order valence-electron chi connectivity index (χ1n) is 6.10. The zero-order valence-corrected chi connectivity index (χ0v) is 11.1. The fourth-order valence-corrected chi connectivity index (χ4v) is 2.25. The van der Waals surface area contributed by atoms with Gasteiger partial charge in [0.1, 0.15) is 17.6 Å². The molecule has 0 aliphatic carbocycles. The Morgan fingerprint density at radius 3 is 2.58 bits per heavy atom. The second kappa shape index (κ2) is 5.84. The first-order valence-corrected chi connectivity index (χ1v) is 6.10. The van der Waals surface area contributed by atoms with Crippen molar-refractivity contribution in [2.24, 2.45) is 0 Å². The van der Waals surface area contributed by atoms with Gasteiger partial charge in [0.05, 0.1) is 20.8 Å². The number of nitrogens with zero attached hydrogens (tertiary/aromatic N) is 1. The molecule has 1 aliphatic rings. The van der Waals surface area contributed by atoms with Crippen LogP contribution in [0.2, 0.25) is 0 Å². The summed E-state index contributed by atoms with van der Waals surface area (Å²) in [5, 5.41) is 0. The van der Waals surface area contributed by atoms with Crippen LogP contribution in [0.5, 0.6) is 5.75 Å². The van der Waals surface area contributed by atoms with E-state index in [0.717, 1.165) is 11.3 Å². The van der Waals surface area contributed by atoms with Gasteiger partial charge in [-0.3, -0.25) is 14.5 Å². The zero-order chi connectivity index (χ0) is 13.8. The van der Waals surface area contributed by atoms with E-state index in [-0.39, 0.29) is 18.2 Å². The monoisotopic (exact) mass is 263 g/mol. The molecule has 5 heteroatoms. The summed E-state index contributed by atoms with van der Waals surface area (Å²) in [4.78, 5) is 25.0. The molecular formula is C14H17NO4.